The van der Waals surface area contributed by atoms with Gasteiger partial charge in [0.15, 0.2) is 6.10 Å². The van der Waals surface area contributed by atoms with Gasteiger partial charge in [-0.3, -0.25) is 4.79 Å². The van der Waals surface area contributed by atoms with Crippen LogP contribution in [-0.2, 0) is 20.7 Å². The molecule has 168 valence electrons. The molecule has 8 heteroatoms. The van der Waals surface area contributed by atoms with E-state index in [-0.39, 0.29) is 0 Å². The fraction of sp³-hybridized carbons (Fsp3) is 0.435. The Kier molecular flexibility index (Phi) is 7.91. The number of halogens is 1. The zero-order chi connectivity index (χ0) is 22.5. The van der Waals surface area contributed by atoms with E-state index in [0.717, 1.165) is 16.9 Å². The van der Waals surface area contributed by atoms with Crippen LogP contribution in [0.15, 0.2) is 42.5 Å². The Labute approximate surface area is 186 Å². The molecular formula is C23H27ClO7. The van der Waals surface area contributed by atoms with Crippen molar-refractivity contribution in [1.29, 1.82) is 0 Å². The van der Waals surface area contributed by atoms with Gasteiger partial charge in [0.25, 0.3) is 0 Å². The smallest absolute Gasteiger partial charge is 0.303 e. The van der Waals surface area contributed by atoms with Crippen molar-refractivity contribution in [3.05, 3.63) is 64.2 Å². The molecule has 3 N–H and O–H groups in total. The maximum Gasteiger partial charge on any atom is 0.303 e. The number of hydrogen-bond donors (Lipinski definition) is 3. The molecule has 0 radical (unpaired) electrons. The summed E-state index contributed by atoms with van der Waals surface area (Å²) in [7, 11) is 0. The van der Waals surface area contributed by atoms with Crippen molar-refractivity contribution in [2.45, 2.75) is 50.8 Å². The number of aliphatic hydroxyl groups excluding tert-OH is 3. The van der Waals surface area contributed by atoms with Gasteiger partial charge < -0.3 is 29.5 Å². The van der Waals surface area contributed by atoms with Crippen LogP contribution >= 0.6 is 11.6 Å². The Morgan fingerprint density at radius 2 is 1.84 bits per heavy atom. The van der Waals surface area contributed by atoms with Crippen LogP contribution in [0.25, 0.3) is 0 Å². The van der Waals surface area contributed by atoms with E-state index in [1.54, 1.807) is 18.2 Å². The van der Waals surface area contributed by atoms with Crippen LogP contribution in [-0.4, -0.2) is 58.9 Å². The summed E-state index contributed by atoms with van der Waals surface area (Å²) in [5.74, 6) is 0.150. The van der Waals surface area contributed by atoms with Gasteiger partial charge in [0, 0.05) is 11.9 Å². The number of esters is 1. The molecule has 2 aromatic carbocycles. The highest BCUT2D eigenvalue weighted by atomic mass is 35.5. The fourth-order valence-corrected chi connectivity index (χ4v) is 3.88. The number of carbonyl (C=O) groups excluding carboxylic acids is 1. The minimum atomic E-state index is -1.41. The van der Waals surface area contributed by atoms with E-state index < -0.39 is 43.1 Å². The largest absolute Gasteiger partial charge is 0.494 e. The summed E-state index contributed by atoms with van der Waals surface area (Å²) in [5.41, 5.74) is 2.43. The van der Waals surface area contributed by atoms with E-state index in [0.29, 0.717) is 23.6 Å². The molecule has 1 saturated heterocycles. The fourth-order valence-electron chi connectivity index (χ4n) is 3.70. The van der Waals surface area contributed by atoms with E-state index in [4.69, 9.17) is 25.8 Å². The van der Waals surface area contributed by atoms with Crippen LogP contribution in [0.2, 0.25) is 5.02 Å². The second-order valence-electron chi connectivity index (χ2n) is 7.44. The molecule has 1 aliphatic heterocycles. The van der Waals surface area contributed by atoms with Crippen LogP contribution < -0.4 is 4.74 Å². The van der Waals surface area contributed by atoms with Gasteiger partial charge in [-0.2, -0.15) is 0 Å². The first-order chi connectivity index (χ1) is 14.8. The van der Waals surface area contributed by atoms with Gasteiger partial charge in [0.1, 0.15) is 30.2 Å². The molecule has 0 spiro atoms. The molecule has 5 atom stereocenters. The summed E-state index contributed by atoms with van der Waals surface area (Å²) in [5, 5.41) is 31.3. The third kappa shape index (κ3) is 5.56. The standard InChI is InChI=1S/C23H27ClO7/c1-3-29-17-7-4-14(5-8-17)10-16-11-15(6-9-18(16)24)22-20(27)21(28)23(30-13(2)26)19(12-25)31-22/h4-9,11,19-23,25,27-28H,3,10,12H2,1-2H3/t19-,20-,21-,22+,23-/m1/s1. The average Bonchev–Trinajstić information content (AvgIpc) is 2.75. The van der Waals surface area contributed by atoms with Crippen molar-refractivity contribution in [1.82, 2.24) is 0 Å². The van der Waals surface area contributed by atoms with Crippen LogP contribution in [0.3, 0.4) is 0 Å². The molecular weight excluding hydrogens is 424 g/mol. The number of rotatable bonds is 7. The quantitative estimate of drug-likeness (QED) is 0.556. The Bertz CT molecular complexity index is 884. The molecule has 0 bridgehead atoms. The van der Waals surface area contributed by atoms with E-state index >= 15 is 0 Å². The Balaban J connectivity index is 1.82. The second kappa shape index (κ2) is 10.4. The molecule has 1 aliphatic rings. The summed E-state index contributed by atoms with van der Waals surface area (Å²) < 4.78 is 16.3. The number of ether oxygens (including phenoxy) is 3. The monoisotopic (exact) mass is 450 g/mol. The predicted octanol–water partition coefficient (Wildman–Crippen LogP) is 2.42. The molecule has 0 saturated carbocycles. The second-order valence-corrected chi connectivity index (χ2v) is 7.84. The molecule has 0 unspecified atom stereocenters. The molecule has 0 aliphatic carbocycles. The number of aliphatic hydroxyl groups is 3. The lowest BCUT2D eigenvalue weighted by Crippen LogP contribution is -2.56. The van der Waals surface area contributed by atoms with E-state index in [2.05, 4.69) is 0 Å². The molecule has 1 heterocycles. The molecule has 0 aromatic heterocycles. The van der Waals surface area contributed by atoms with Crippen LogP contribution in [0, 0.1) is 0 Å². The van der Waals surface area contributed by atoms with Crippen molar-refractivity contribution < 1.29 is 34.3 Å². The Morgan fingerprint density at radius 1 is 1.13 bits per heavy atom. The maximum absolute atomic E-state index is 11.3. The first kappa shape index (κ1) is 23.5. The highest BCUT2D eigenvalue weighted by Gasteiger charge is 2.46. The van der Waals surface area contributed by atoms with Crippen LogP contribution in [0.4, 0.5) is 0 Å². The lowest BCUT2D eigenvalue weighted by molar-refractivity contribution is -0.240. The zero-order valence-electron chi connectivity index (χ0n) is 17.4. The van der Waals surface area contributed by atoms with Gasteiger partial charge in [-0.1, -0.05) is 35.9 Å². The summed E-state index contributed by atoms with van der Waals surface area (Å²) in [6.45, 7) is 3.22. The lowest BCUT2D eigenvalue weighted by atomic mass is 9.90. The van der Waals surface area contributed by atoms with Gasteiger partial charge in [0.05, 0.1) is 13.2 Å². The van der Waals surface area contributed by atoms with Gasteiger partial charge >= 0.3 is 5.97 Å². The Morgan fingerprint density at radius 3 is 2.45 bits per heavy atom. The molecule has 2 aromatic rings. The summed E-state index contributed by atoms with van der Waals surface area (Å²) >= 11 is 6.39. The molecule has 0 amide bonds. The Hall–Kier alpha value is -2.16. The number of carbonyl (C=O) groups is 1. The van der Waals surface area contributed by atoms with Gasteiger partial charge in [-0.15, -0.1) is 0 Å². The number of benzene rings is 2. The lowest BCUT2D eigenvalue weighted by Gasteiger charge is -2.41. The van der Waals surface area contributed by atoms with E-state index in [1.165, 1.54) is 6.92 Å². The SMILES string of the molecule is CCOc1ccc(Cc2cc([C@@H]3O[C@H](CO)[C@@H](OC(C)=O)[C@H](O)[C@H]3O)ccc2Cl)cc1. The molecule has 1 fully saturated rings. The highest BCUT2D eigenvalue weighted by Crippen LogP contribution is 2.35. The predicted molar refractivity (Wildman–Crippen MR) is 114 cm³/mol. The van der Waals surface area contributed by atoms with Crippen molar-refractivity contribution in [2.75, 3.05) is 13.2 Å². The van der Waals surface area contributed by atoms with E-state index in [1.807, 2.05) is 31.2 Å². The van der Waals surface area contributed by atoms with Crippen molar-refractivity contribution in [3.8, 4) is 5.75 Å². The van der Waals surface area contributed by atoms with Crippen LogP contribution in [0.5, 0.6) is 5.75 Å². The minimum absolute atomic E-state index is 0.481. The first-order valence-corrected chi connectivity index (χ1v) is 10.5. The van der Waals surface area contributed by atoms with Crippen molar-refractivity contribution >= 4 is 17.6 Å². The third-order valence-electron chi connectivity index (χ3n) is 5.19. The maximum atomic E-state index is 11.3. The summed E-state index contributed by atoms with van der Waals surface area (Å²) in [6.07, 6.45) is -5.28. The average molecular weight is 451 g/mol. The topological polar surface area (TPSA) is 105 Å². The van der Waals surface area contributed by atoms with Gasteiger partial charge in [0.2, 0.25) is 0 Å². The molecule has 3 rings (SSSR count). The van der Waals surface area contributed by atoms with Crippen molar-refractivity contribution in [2.24, 2.45) is 0 Å². The van der Waals surface area contributed by atoms with Gasteiger partial charge in [-0.25, -0.2) is 0 Å². The van der Waals surface area contributed by atoms with Crippen LogP contribution in [0.1, 0.15) is 36.6 Å². The van der Waals surface area contributed by atoms with Gasteiger partial charge in [-0.05, 0) is 48.2 Å². The minimum Gasteiger partial charge on any atom is -0.494 e. The zero-order valence-corrected chi connectivity index (χ0v) is 18.2. The van der Waals surface area contributed by atoms with E-state index in [9.17, 15) is 20.1 Å². The number of hydrogen-bond acceptors (Lipinski definition) is 7. The first-order valence-electron chi connectivity index (χ1n) is 10.1. The summed E-state index contributed by atoms with van der Waals surface area (Å²) in [6, 6.07) is 12.9. The normalized spacial score (nSPS) is 25.8. The third-order valence-corrected chi connectivity index (χ3v) is 5.56. The summed E-state index contributed by atoms with van der Waals surface area (Å²) in [4.78, 5) is 11.3. The molecule has 7 nitrogen and oxygen atoms in total. The highest BCUT2D eigenvalue weighted by molar-refractivity contribution is 6.31. The molecule has 31 heavy (non-hydrogen) atoms. The van der Waals surface area contributed by atoms with Crippen molar-refractivity contribution in [3.63, 3.8) is 0 Å².